The van der Waals surface area contributed by atoms with Crippen LogP contribution in [0.2, 0.25) is 0 Å². The third-order valence-corrected chi connectivity index (χ3v) is 6.40. The van der Waals surface area contributed by atoms with E-state index in [0.717, 1.165) is 23.8 Å². The molecule has 0 radical (unpaired) electrons. The number of nitrogens with one attached hydrogen (secondary N) is 1. The molecule has 108 valence electrons. The standard InChI is InChI=1S/C16H33NS/c1-6-11-18-15-12-13(16(4,5)7-2)9-10-14(15)17-8-3/h13-15,17H,6-12H2,1-5H3. The first-order valence-corrected chi connectivity index (χ1v) is 8.95. The first-order chi connectivity index (χ1) is 8.55. The van der Waals surface area contributed by atoms with Crippen LogP contribution < -0.4 is 5.32 Å². The average molecular weight is 272 g/mol. The van der Waals surface area contributed by atoms with Crippen LogP contribution in [-0.2, 0) is 0 Å². The highest BCUT2D eigenvalue weighted by Gasteiger charge is 2.36. The van der Waals surface area contributed by atoms with Crippen molar-refractivity contribution >= 4 is 11.8 Å². The lowest BCUT2D eigenvalue weighted by atomic mass is 9.68. The summed E-state index contributed by atoms with van der Waals surface area (Å²) in [4.78, 5) is 0. The third kappa shape index (κ3) is 4.45. The maximum atomic E-state index is 3.71. The summed E-state index contributed by atoms with van der Waals surface area (Å²) in [5.41, 5.74) is 0.530. The van der Waals surface area contributed by atoms with Gasteiger partial charge in [0.1, 0.15) is 0 Å². The molecule has 0 saturated heterocycles. The zero-order chi connectivity index (χ0) is 13.6. The van der Waals surface area contributed by atoms with E-state index in [1.807, 2.05) is 0 Å². The molecule has 0 aromatic carbocycles. The molecule has 1 nitrogen and oxygen atoms in total. The second kappa shape index (κ2) is 7.79. The normalized spacial score (nSPS) is 29.5. The van der Waals surface area contributed by atoms with Gasteiger partial charge in [0.15, 0.2) is 0 Å². The van der Waals surface area contributed by atoms with Crippen LogP contribution in [0.4, 0.5) is 0 Å². The maximum absolute atomic E-state index is 3.71. The van der Waals surface area contributed by atoms with Crippen molar-refractivity contribution in [3.63, 3.8) is 0 Å². The highest BCUT2D eigenvalue weighted by Crippen LogP contribution is 2.43. The Morgan fingerprint density at radius 2 is 1.89 bits per heavy atom. The van der Waals surface area contributed by atoms with Crippen LogP contribution in [-0.4, -0.2) is 23.6 Å². The quantitative estimate of drug-likeness (QED) is 0.719. The Morgan fingerprint density at radius 3 is 2.44 bits per heavy atom. The molecule has 0 aromatic rings. The number of hydrogen-bond donors (Lipinski definition) is 1. The Labute approximate surface area is 119 Å². The van der Waals surface area contributed by atoms with E-state index >= 15 is 0 Å². The lowest BCUT2D eigenvalue weighted by Crippen LogP contribution is -2.45. The third-order valence-electron chi connectivity index (χ3n) is 4.81. The van der Waals surface area contributed by atoms with Gasteiger partial charge in [0.2, 0.25) is 0 Å². The van der Waals surface area contributed by atoms with Crippen molar-refractivity contribution in [2.75, 3.05) is 12.3 Å². The molecule has 1 N–H and O–H groups in total. The molecule has 1 aliphatic rings. The van der Waals surface area contributed by atoms with Crippen LogP contribution in [0.3, 0.4) is 0 Å². The van der Waals surface area contributed by atoms with Gasteiger partial charge in [-0.3, -0.25) is 0 Å². The van der Waals surface area contributed by atoms with Crippen molar-refractivity contribution in [2.45, 2.75) is 78.0 Å². The predicted octanol–water partition coefficient (Wildman–Crippen LogP) is 4.71. The van der Waals surface area contributed by atoms with Crippen LogP contribution >= 0.6 is 11.8 Å². The summed E-state index contributed by atoms with van der Waals surface area (Å²) in [5.74, 6) is 2.25. The van der Waals surface area contributed by atoms with Crippen molar-refractivity contribution in [3.8, 4) is 0 Å². The fraction of sp³-hybridized carbons (Fsp3) is 1.00. The average Bonchev–Trinajstić information content (AvgIpc) is 2.37. The fourth-order valence-electron chi connectivity index (χ4n) is 3.08. The van der Waals surface area contributed by atoms with E-state index in [1.54, 1.807) is 0 Å². The van der Waals surface area contributed by atoms with Crippen molar-refractivity contribution in [1.29, 1.82) is 0 Å². The zero-order valence-electron chi connectivity index (χ0n) is 13.1. The van der Waals surface area contributed by atoms with Gasteiger partial charge in [-0.2, -0.15) is 11.8 Å². The zero-order valence-corrected chi connectivity index (χ0v) is 13.9. The van der Waals surface area contributed by atoms with Gasteiger partial charge in [0.05, 0.1) is 0 Å². The lowest BCUT2D eigenvalue weighted by Gasteiger charge is -2.43. The van der Waals surface area contributed by atoms with E-state index in [4.69, 9.17) is 0 Å². The molecule has 0 heterocycles. The first kappa shape index (κ1) is 16.4. The van der Waals surface area contributed by atoms with Gasteiger partial charge in [-0.25, -0.2) is 0 Å². The van der Waals surface area contributed by atoms with Crippen LogP contribution in [0.5, 0.6) is 0 Å². The Bertz CT molecular complexity index is 227. The lowest BCUT2D eigenvalue weighted by molar-refractivity contribution is 0.141. The first-order valence-electron chi connectivity index (χ1n) is 7.90. The summed E-state index contributed by atoms with van der Waals surface area (Å²) < 4.78 is 0. The second-order valence-electron chi connectivity index (χ2n) is 6.43. The largest absolute Gasteiger partial charge is 0.313 e. The van der Waals surface area contributed by atoms with Crippen LogP contribution in [0.25, 0.3) is 0 Å². The van der Waals surface area contributed by atoms with Gasteiger partial charge in [-0.1, -0.05) is 41.0 Å². The monoisotopic (exact) mass is 271 g/mol. The SMILES string of the molecule is CCCSC1CC(C(C)(C)CC)CCC1NCC. The molecule has 2 heteroatoms. The molecule has 1 aliphatic carbocycles. The van der Waals surface area contributed by atoms with E-state index in [2.05, 4.69) is 51.7 Å². The van der Waals surface area contributed by atoms with Gasteiger partial charge < -0.3 is 5.32 Å². The van der Waals surface area contributed by atoms with Gasteiger partial charge >= 0.3 is 0 Å². The summed E-state index contributed by atoms with van der Waals surface area (Å²) in [6, 6.07) is 0.760. The molecule has 0 aromatic heterocycles. The second-order valence-corrected chi connectivity index (χ2v) is 7.77. The van der Waals surface area contributed by atoms with E-state index in [9.17, 15) is 0 Å². The molecule has 0 spiro atoms. The summed E-state index contributed by atoms with van der Waals surface area (Å²) in [6.45, 7) is 12.9. The Hall–Kier alpha value is 0.310. The molecule has 3 unspecified atom stereocenters. The summed E-state index contributed by atoms with van der Waals surface area (Å²) in [7, 11) is 0. The summed E-state index contributed by atoms with van der Waals surface area (Å²) in [6.07, 6.45) is 6.84. The minimum atomic E-state index is 0.530. The summed E-state index contributed by atoms with van der Waals surface area (Å²) in [5, 5.41) is 4.55. The Balaban J connectivity index is 2.60. The maximum Gasteiger partial charge on any atom is 0.0204 e. The molecule has 0 amide bonds. The summed E-state index contributed by atoms with van der Waals surface area (Å²) >= 11 is 2.21. The van der Waals surface area contributed by atoms with Gasteiger partial charge in [-0.15, -0.1) is 0 Å². The van der Waals surface area contributed by atoms with Crippen molar-refractivity contribution in [2.24, 2.45) is 11.3 Å². The van der Waals surface area contributed by atoms with Crippen LogP contribution in [0.15, 0.2) is 0 Å². The highest BCUT2D eigenvalue weighted by molar-refractivity contribution is 7.99. The van der Waals surface area contributed by atoms with Gasteiger partial charge in [0, 0.05) is 11.3 Å². The number of thioether (sulfide) groups is 1. The molecule has 0 aliphatic heterocycles. The molecule has 0 bridgehead atoms. The molecule has 18 heavy (non-hydrogen) atoms. The molecule has 1 saturated carbocycles. The molecule has 3 atom stereocenters. The van der Waals surface area contributed by atoms with E-state index < -0.39 is 0 Å². The van der Waals surface area contributed by atoms with E-state index in [-0.39, 0.29) is 0 Å². The van der Waals surface area contributed by atoms with Crippen molar-refractivity contribution < 1.29 is 0 Å². The molecular weight excluding hydrogens is 238 g/mol. The minimum Gasteiger partial charge on any atom is -0.313 e. The van der Waals surface area contributed by atoms with E-state index in [0.29, 0.717) is 5.41 Å². The molecule has 1 fully saturated rings. The van der Waals surface area contributed by atoms with Crippen LogP contribution in [0, 0.1) is 11.3 Å². The molecule has 1 rings (SSSR count). The van der Waals surface area contributed by atoms with Gasteiger partial charge in [0.25, 0.3) is 0 Å². The fourth-order valence-corrected chi connectivity index (χ4v) is 4.45. The Morgan fingerprint density at radius 1 is 1.17 bits per heavy atom. The smallest absolute Gasteiger partial charge is 0.0204 e. The van der Waals surface area contributed by atoms with Crippen molar-refractivity contribution in [3.05, 3.63) is 0 Å². The topological polar surface area (TPSA) is 12.0 Å². The predicted molar refractivity (Wildman–Crippen MR) is 85.4 cm³/mol. The van der Waals surface area contributed by atoms with Crippen molar-refractivity contribution in [1.82, 2.24) is 5.32 Å². The van der Waals surface area contributed by atoms with Crippen LogP contribution in [0.1, 0.15) is 66.7 Å². The molecular formula is C16H33NS. The number of rotatable bonds is 7. The Kier molecular flexibility index (Phi) is 7.08. The van der Waals surface area contributed by atoms with E-state index in [1.165, 1.54) is 37.9 Å². The highest BCUT2D eigenvalue weighted by atomic mass is 32.2. The minimum absolute atomic E-state index is 0.530. The van der Waals surface area contributed by atoms with Gasteiger partial charge in [-0.05, 0) is 49.3 Å². The number of hydrogen-bond acceptors (Lipinski definition) is 2.